The highest BCUT2D eigenvalue weighted by Crippen LogP contribution is 2.51. The minimum atomic E-state index is -0.572. The molecule has 100 valence electrons. The summed E-state index contributed by atoms with van der Waals surface area (Å²) in [5.74, 6) is 0.397. The van der Waals surface area contributed by atoms with Gasteiger partial charge < -0.3 is 4.74 Å². The lowest BCUT2D eigenvalue weighted by Gasteiger charge is -2.41. The van der Waals surface area contributed by atoms with Gasteiger partial charge in [0.1, 0.15) is 11.4 Å². The third kappa shape index (κ3) is 2.00. The second-order valence-corrected chi connectivity index (χ2v) is 6.09. The van der Waals surface area contributed by atoms with E-state index in [0.29, 0.717) is 6.42 Å². The predicted octanol–water partition coefficient (Wildman–Crippen LogP) is 2.89. The third-order valence-electron chi connectivity index (χ3n) is 4.59. The Morgan fingerprint density at radius 3 is 2.78 bits per heavy atom. The molecular formula is C15H22O3. The van der Waals surface area contributed by atoms with Crippen LogP contribution in [0.1, 0.15) is 47.0 Å². The molecule has 1 heterocycles. The molecule has 0 aromatic rings. The normalized spacial score (nSPS) is 35.2. The molecule has 0 spiro atoms. The van der Waals surface area contributed by atoms with Crippen molar-refractivity contribution in [2.75, 3.05) is 0 Å². The topological polar surface area (TPSA) is 43.4 Å². The van der Waals surface area contributed by atoms with Crippen LogP contribution in [0.3, 0.4) is 0 Å². The van der Waals surface area contributed by atoms with Gasteiger partial charge in [-0.3, -0.25) is 4.79 Å². The third-order valence-corrected chi connectivity index (χ3v) is 4.59. The number of hydrogen-bond donors (Lipinski definition) is 0. The summed E-state index contributed by atoms with van der Waals surface area (Å²) in [4.78, 5) is 23.8. The number of carbonyl (C=O) groups is 2. The van der Waals surface area contributed by atoms with Crippen LogP contribution in [0.2, 0.25) is 0 Å². The van der Waals surface area contributed by atoms with Crippen LogP contribution in [0, 0.1) is 17.8 Å². The zero-order valence-electron chi connectivity index (χ0n) is 11.7. The summed E-state index contributed by atoms with van der Waals surface area (Å²) in [6.07, 6.45) is 3.99. The van der Waals surface area contributed by atoms with Crippen molar-refractivity contribution in [2.24, 2.45) is 17.8 Å². The average molecular weight is 250 g/mol. The van der Waals surface area contributed by atoms with Gasteiger partial charge in [-0.25, -0.2) is 4.79 Å². The molecule has 0 amide bonds. The lowest BCUT2D eigenvalue weighted by atomic mass is 9.75. The Morgan fingerprint density at radius 2 is 2.17 bits per heavy atom. The second kappa shape index (κ2) is 4.52. The molecule has 3 nitrogen and oxygen atoms in total. The zero-order chi connectivity index (χ0) is 13.5. The summed E-state index contributed by atoms with van der Waals surface area (Å²) in [6, 6.07) is 0. The van der Waals surface area contributed by atoms with Gasteiger partial charge in [0.25, 0.3) is 0 Å². The monoisotopic (exact) mass is 250 g/mol. The van der Waals surface area contributed by atoms with E-state index in [4.69, 9.17) is 4.74 Å². The largest absolute Gasteiger partial charge is 0.455 e. The Balaban J connectivity index is 2.33. The van der Waals surface area contributed by atoms with Gasteiger partial charge >= 0.3 is 5.97 Å². The molecule has 0 radical (unpaired) electrons. The van der Waals surface area contributed by atoms with E-state index in [-0.39, 0.29) is 29.5 Å². The van der Waals surface area contributed by atoms with Crippen molar-refractivity contribution in [1.29, 1.82) is 0 Å². The molecule has 3 atom stereocenters. The van der Waals surface area contributed by atoms with Crippen LogP contribution in [0.15, 0.2) is 11.6 Å². The molecule has 0 N–H and O–H groups in total. The van der Waals surface area contributed by atoms with Crippen molar-refractivity contribution < 1.29 is 14.3 Å². The van der Waals surface area contributed by atoms with Crippen LogP contribution < -0.4 is 0 Å². The van der Waals surface area contributed by atoms with Crippen molar-refractivity contribution in [3.05, 3.63) is 11.6 Å². The van der Waals surface area contributed by atoms with Crippen molar-refractivity contribution >= 4 is 11.8 Å². The minimum absolute atomic E-state index is 0.00209. The molecule has 2 rings (SSSR count). The lowest BCUT2D eigenvalue weighted by Crippen LogP contribution is -2.48. The Kier molecular flexibility index (Phi) is 3.35. The zero-order valence-corrected chi connectivity index (χ0v) is 11.7. The highest BCUT2D eigenvalue weighted by atomic mass is 16.6. The van der Waals surface area contributed by atoms with Gasteiger partial charge in [0.2, 0.25) is 0 Å². The fourth-order valence-electron chi connectivity index (χ4n) is 3.35. The highest BCUT2D eigenvalue weighted by molar-refractivity contribution is 5.87. The smallest absolute Gasteiger partial charge is 0.331 e. The van der Waals surface area contributed by atoms with Crippen LogP contribution in [-0.4, -0.2) is 17.4 Å². The van der Waals surface area contributed by atoms with E-state index in [9.17, 15) is 9.59 Å². The summed E-state index contributed by atoms with van der Waals surface area (Å²) in [5.41, 5.74) is 0.504. The van der Waals surface area contributed by atoms with E-state index in [0.717, 1.165) is 18.4 Å². The molecular weight excluding hydrogens is 228 g/mol. The molecule has 3 heteroatoms. The van der Waals surface area contributed by atoms with Crippen LogP contribution in [0.25, 0.3) is 0 Å². The quantitative estimate of drug-likeness (QED) is 0.723. The van der Waals surface area contributed by atoms with Crippen LogP contribution in [-0.2, 0) is 14.3 Å². The number of rotatable bonds is 3. The second-order valence-electron chi connectivity index (χ2n) is 6.09. The van der Waals surface area contributed by atoms with Crippen molar-refractivity contribution in [3.63, 3.8) is 0 Å². The first-order chi connectivity index (χ1) is 8.36. The van der Waals surface area contributed by atoms with Crippen molar-refractivity contribution in [3.8, 4) is 0 Å². The van der Waals surface area contributed by atoms with Crippen LogP contribution >= 0.6 is 0 Å². The van der Waals surface area contributed by atoms with Gasteiger partial charge in [0.05, 0.1) is 0 Å². The molecule has 1 saturated carbocycles. The summed E-state index contributed by atoms with van der Waals surface area (Å²) < 4.78 is 5.67. The Bertz CT molecular complexity index is 408. The number of fused-ring (bicyclic) bond motifs is 1. The van der Waals surface area contributed by atoms with Gasteiger partial charge in [-0.2, -0.15) is 0 Å². The van der Waals surface area contributed by atoms with Crippen molar-refractivity contribution in [1.82, 2.24) is 0 Å². The number of ketones is 1. The molecule has 0 bridgehead atoms. The molecule has 18 heavy (non-hydrogen) atoms. The maximum absolute atomic E-state index is 12.1. The molecule has 0 unspecified atom stereocenters. The Hall–Kier alpha value is -1.12. The van der Waals surface area contributed by atoms with E-state index in [2.05, 4.69) is 6.92 Å². The van der Waals surface area contributed by atoms with E-state index < -0.39 is 5.60 Å². The first kappa shape index (κ1) is 13.3. The first-order valence-corrected chi connectivity index (χ1v) is 6.80. The minimum Gasteiger partial charge on any atom is -0.455 e. The average Bonchev–Trinajstić information content (AvgIpc) is 2.56. The fourth-order valence-corrected chi connectivity index (χ4v) is 3.35. The van der Waals surface area contributed by atoms with Gasteiger partial charge in [0.15, 0.2) is 0 Å². The standard InChI is InChI=1S/C15H22O3/c1-9(2)13(16)8-15-11(4)5-6-12(15)10(3)7-14(17)18-15/h7,9,11-12H,5-6,8H2,1-4H3/t11-,12-,15+/m1/s1. The van der Waals surface area contributed by atoms with E-state index in [1.54, 1.807) is 6.08 Å². The summed E-state index contributed by atoms with van der Waals surface area (Å²) >= 11 is 0. The highest BCUT2D eigenvalue weighted by Gasteiger charge is 2.54. The number of esters is 1. The van der Waals surface area contributed by atoms with Gasteiger partial charge in [-0.15, -0.1) is 0 Å². The molecule has 1 aliphatic carbocycles. The Morgan fingerprint density at radius 1 is 1.50 bits per heavy atom. The van der Waals surface area contributed by atoms with Crippen LogP contribution in [0.4, 0.5) is 0 Å². The number of carbonyl (C=O) groups excluding carboxylic acids is 2. The van der Waals surface area contributed by atoms with E-state index in [1.165, 1.54) is 0 Å². The maximum Gasteiger partial charge on any atom is 0.331 e. The molecule has 2 aliphatic rings. The fraction of sp³-hybridized carbons (Fsp3) is 0.733. The van der Waals surface area contributed by atoms with E-state index >= 15 is 0 Å². The number of hydrogen-bond acceptors (Lipinski definition) is 3. The summed E-state index contributed by atoms with van der Waals surface area (Å²) in [6.45, 7) is 7.89. The van der Waals surface area contributed by atoms with Crippen LogP contribution in [0.5, 0.6) is 0 Å². The van der Waals surface area contributed by atoms with Gasteiger partial charge in [-0.1, -0.05) is 26.3 Å². The lowest BCUT2D eigenvalue weighted by molar-refractivity contribution is -0.167. The molecule has 1 aliphatic heterocycles. The SMILES string of the molecule is CC1=CC(=O)O[C@@]2(CC(=O)C(C)C)[C@H](C)CC[C@H]12. The van der Waals surface area contributed by atoms with Gasteiger partial charge in [-0.05, 0) is 25.7 Å². The predicted molar refractivity (Wildman–Crippen MR) is 68.9 cm³/mol. The van der Waals surface area contributed by atoms with Gasteiger partial charge in [0, 0.05) is 24.3 Å². The Labute approximate surface area is 109 Å². The number of ether oxygens (including phenoxy) is 1. The summed E-state index contributed by atoms with van der Waals surface area (Å²) in [5, 5.41) is 0. The molecule has 0 aromatic carbocycles. The van der Waals surface area contributed by atoms with E-state index in [1.807, 2.05) is 20.8 Å². The van der Waals surface area contributed by atoms with Crippen molar-refractivity contribution in [2.45, 2.75) is 52.6 Å². The number of Topliss-reactive ketones (excluding diaryl/α,β-unsaturated/α-hetero) is 1. The molecule has 0 aromatic heterocycles. The molecule has 1 fully saturated rings. The molecule has 0 saturated heterocycles. The maximum atomic E-state index is 12.1. The first-order valence-electron chi connectivity index (χ1n) is 6.80. The summed E-state index contributed by atoms with van der Waals surface area (Å²) in [7, 11) is 0.